The zero-order valence-corrected chi connectivity index (χ0v) is 12.9. The summed E-state index contributed by atoms with van der Waals surface area (Å²) in [7, 11) is 0. The molecule has 3 aliphatic rings. The smallest absolute Gasteiger partial charge is 0.228 e. The van der Waals surface area contributed by atoms with Gasteiger partial charge in [-0.25, -0.2) is 0 Å². The first-order valence-electron chi connectivity index (χ1n) is 8.43. The molecule has 2 aliphatic heterocycles. The lowest BCUT2D eigenvalue weighted by molar-refractivity contribution is -0.144. The maximum atomic E-state index is 12.8. The van der Waals surface area contributed by atoms with Gasteiger partial charge in [0.1, 0.15) is 0 Å². The average Bonchev–Trinajstić information content (AvgIpc) is 3.02. The molecule has 3 rings (SSSR count). The molecule has 0 bridgehead atoms. The zero-order chi connectivity index (χ0) is 14.0. The number of amides is 1. The number of carbonyl (C=O) groups excluding carboxylic acids is 1. The number of nitrogens with zero attached hydrogens (tertiary/aromatic N) is 2. The van der Waals surface area contributed by atoms with Crippen LogP contribution in [0.5, 0.6) is 0 Å². The Morgan fingerprint density at radius 1 is 1.05 bits per heavy atom. The van der Waals surface area contributed by atoms with E-state index in [0.717, 1.165) is 58.2 Å². The third-order valence-electron chi connectivity index (χ3n) is 5.67. The summed E-state index contributed by atoms with van der Waals surface area (Å²) in [5.41, 5.74) is -0.110. The molecular weight excluding hydrogens is 250 g/mol. The summed E-state index contributed by atoms with van der Waals surface area (Å²) in [6.07, 6.45) is 7.53. The lowest BCUT2D eigenvalue weighted by Gasteiger charge is -2.42. The second kappa shape index (κ2) is 6.02. The molecule has 4 nitrogen and oxygen atoms in total. The van der Waals surface area contributed by atoms with Gasteiger partial charge in [0.05, 0.1) is 0 Å². The largest absolute Gasteiger partial charge is 0.340 e. The molecule has 1 saturated carbocycles. The molecule has 2 heterocycles. The number of hydrogen-bond donors (Lipinski definition) is 1. The first-order valence-corrected chi connectivity index (χ1v) is 8.43. The van der Waals surface area contributed by atoms with Gasteiger partial charge in [0, 0.05) is 37.6 Å². The van der Waals surface area contributed by atoms with E-state index in [0.29, 0.717) is 5.91 Å². The van der Waals surface area contributed by atoms with Crippen LogP contribution in [-0.4, -0.2) is 61.0 Å². The van der Waals surface area contributed by atoms with Crippen molar-refractivity contribution in [2.24, 2.45) is 5.41 Å². The average molecular weight is 279 g/mol. The van der Waals surface area contributed by atoms with Gasteiger partial charge in [-0.2, -0.15) is 0 Å². The van der Waals surface area contributed by atoms with Crippen molar-refractivity contribution < 1.29 is 4.79 Å². The Morgan fingerprint density at radius 3 is 2.25 bits per heavy atom. The van der Waals surface area contributed by atoms with Gasteiger partial charge in [-0.1, -0.05) is 19.8 Å². The Balaban J connectivity index is 1.53. The summed E-state index contributed by atoms with van der Waals surface area (Å²) in [5, 5.41) is 3.36. The van der Waals surface area contributed by atoms with Gasteiger partial charge in [0.15, 0.2) is 0 Å². The van der Waals surface area contributed by atoms with Crippen LogP contribution in [0.15, 0.2) is 0 Å². The molecule has 114 valence electrons. The SMILES string of the molecule is CC1(C(=O)N2CCN(C3CCCC3)CC2)CCNCC1. The molecule has 0 atom stereocenters. The molecule has 0 aromatic rings. The quantitative estimate of drug-likeness (QED) is 0.831. The van der Waals surface area contributed by atoms with Crippen LogP contribution in [-0.2, 0) is 4.79 Å². The third-order valence-corrected chi connectivity index (χ3v) is 5.67. The van der Waals surface area contributed by atoms with Crippen molar-refractivity contribution in [2.45, 2.75) is 51.5 Å². The highest BCUT2D eigenvalue weighted by Gasteiger charge is 2.39. The minimum atomic E-state index is -0.110. The molecule has 1 aliphatic carbocycles. The van der Waals surface area contributed by atoms with E-state index < -0.39 is 0 Å². The minimum absolute atomic E-state index is 0.110. The van der Waals surface area contributed by atoms with Crippen molar-refractivity contribution in [3.63, 3.8) is 0 Å². The second-order valence-corrected chi connectivity index (χ2v) is 7.08. The van der Waals surface area contributed by atoms with Crippen LogP contribution in [0.2, 0.25) is 0 Å². The van der Waals surface area contributed by atoms with Gasteiger partial charge in [0.25, 0.3) is 0 Å². The molecule has 1 N–H and O–H groups in total. The van der Waals surface area contributed by atoms with E-state index in [4.69, 9.17) is 0 Å². The standard InChI is InChI=1S/C16H29N3O/c1-16(6-8-17-9-7-16)15(20)19-12-10-18(11-13-19)14-4-2-3-5-14/h14,17H,2-13H2,1H3. The van der Waals surface area contributed by atoms with Crippen LogP contribution < -0.4 is 5.32 Å². The molecule has 0 spiro atoms. The van der Waals surface area contributed by atoms with E-state index in [1.165, 1.54) is 25.7 Å². The number of piperazine rings is 1. The summed E-state index contributed by atoms with van der Waals surface area (Å²) in [6.45, 7) is 8.21. The molecular formula is C16H29N3O. The molecule has 20 heavy (non-hydrogen) atoms. The first-order chi connectivity index (χ1) is 9.69. The maximum absolute atomic E-state index is 12.8. The summed E-state index contributed by atoms with van der Waals surface area (Å²) in [6, 6.07) is 0.807. The monoisotopic (exact) mass is 279 g/mol. The molecule has 0 aromatic carbocycles. The number of carbonyl (C=O) groups is 1. The van der Waals surface area contributed by atoms with Crippen molar-refractivity contribution in [1.29, 1.82) is 0 Å². The third kappa shape index (κ3) is 2.86. The van der Waals surface area contributed by atoms with E-state index in [9.17, 15) is 4.79 Å². The highest BCUT2D eigenvalue weighted by atomic mass is 16.2. The van der Waals surface area contributed by atoms with Crippen LogP contribution in [0.4, 0.5) is 0 Å². The highest BCUT2D eigenvalue weighted by molar-refractivity contribution is 5.82. The number of rotatable bonds is 2. The van der Waals surface area contributed by atoms with E-state index in [2.05, 4.69) is 22.0 Å². The first kappa shape index (κ1) is 14.3. The predicted molar refractivity (Wildman–Crippen MR) is 80.6 cm³/mol. The van der Waals surface area contributed by atoms with Crippen molar-refractivity contribution in [1.82, 2.24) is 15.1 Å². The van der Waals surface area contributed by atoms with Crippen LogP contribution in [0.3, 0.4) is 0 Å². The molecule has 0 aromatic heterocycles. The van der Waals surface area contributed by atoms with Crippen LogP contribution >= 0.6 is 0 Å². The lowest BCUT2D eigenvalue weighted by Crippen LogP contribution is -2.55. The number of nitrogens with one attached hydrogen (secondary N) is 1. The van der Waals surface area contributed by atoms with E-state index in [1.807, 2.05) is 0 Å². The summed E-state index contributed by atoms with van der Waals surface area (Å²) >= 11 is 0. The van der Waals surface area contributed by atoms with Crippen LogP contribution in [0.25, 0.3) is 0 Å². The predicted octanol–water partition coefficient (Wildman–Crippen LogP) is 1.46. The summed E-state index contributed by atoms with van der Waals surface area (Å²) in [4.78, 5) is 17.5. The van der Waals surface area contributed by atoms with Crippen molar-refractivity contribution in [3.05, 3.63) is 0 Å². The second-order valence-electron chi connectivity index (χ2n) is 7.08. The summed E-state index contributed by atoms with van der Waals surface area (Å²) in [5.74, 6) is 0.407. The molecule has 1 amide bonds. The number of hydrogen-bond acceptors (Lipinski definition) is 3. The number of piperidine rings is 1. The molecule has 0 unspecified atom stereocenters. The Morgan fingerprint density at radius 2 is 1.65 bits per heavy atom. The molecule has 4 heteroatoms. The topological polar surface area (TPSA) is 35.6 Å². The highest BCUT2D eigenvalue weighted by Crippen LogP contribution is 2.31. The Labute approximate surface area is 122 Å². The molecule has 2 saturated heterocycles. The van der Waals surface area contributed by atoms with Crippen LogP contribution in [0, 0.1) is 5.41 Å². The van der Waals surface area contributed by atoms with E-state index >= 15 is 0 Å². The molecule has 3 fully saturated rings. The van der Waals surface area contributed by atoms with Crippen molar-refractivity contribution in [3.8, 4) is 0 Å². The van der Waals surface area contributed by atoms with Gasteiger partial charge in [0.2, 0.25) is 5.91 Å². The van der Waals surface area contributed by atoms with Crippen LogP contribution in [0.1, 0.15) is 45.4 Å². The normalized spacial score (nSPS) is 28.8. The fraction of sp³-hybridized carbons (Fsp3) is 0.938. The Hall–Kier alpha value is -0.610. The Kier molecular flexibility index (Phi) is 4.32. The maximum Gasteiger partial charge on any atom is 0.228 e. The lowest BCUT2D eigenvalue weighted by atomic mass is 9.79. The fourth-order valence-corrected chi connectivity index (χ4v) is 4.13. The van der Waals surface area contributed by atoms with Gasteiger partial charge in [-0.15, -0.1) is 0 Å². The van der Waals surface area contributed by atoms with Gasteiger partial charge >= 0.3 is 0 Å². The Bertz CT molecular complexity index is 338. The van der Waals surface area contributed by atoms with Gasteiger partial charge in [-0.3, -0.25) is 9.69 Å². The van der Waals surface area contributed by atoms with E-state index in [-0.39, 0.29) is 5.41 Å². The van der Waals surface area contributed by atoms with Gasteiger partial charge in [-0.05, 0) is 38.8 Å². The van der Waals surface area contributed by atoms with Crippen molar-refractivity contribution >= 4 is 5.91 Å². The fourth-order valence-electron chi connectivity index (χ4n) is 4.13. The minimum Gasteiger partial charge on any atom is -0.340 e. The molecule has 0 radical (unpaired) electrons. The van der Waals surface area contributed by atoms with Crippen molar-refractivity contribution in [2.75, 3.05) is 39.3 Å². The summed E-state index contributed by atoms with van der Waals surface area (Å²) < 4.78 is 0. The van der Waals surface area contributed by atoms with E-state index in [1.54, 1.807) is 0 Å². The van der Waals surface area contributed by atoms with Gasteiger partial charge < -0.3 is 10.2 Å². The zero-order valence-electron chi connectivity index (χ0n) is 12.9.